The lowest BCUT2D eigenvalue weighted by Crippen LogP contribution is -2.03. The molecule has 1 aromatic heterocycles. The molecule has 0 saturated heterocycles. The average Bonchev–Trinajstić information content (AvgIpc) is 2.57. The van der Waals surface area contributed by atoms with Crippen LogP contribution in [-0.2, 0) is 0 Å². The predicted octanol–water partition coefficient (Wildman–Crippen LogP) is 4.75. The van der Waals surface area contributed by atoms with Gasteiger partial charge in [-0.25, -0.2) is 0 Å². The third kappa shape index (κ3) is 2.50. The van der Waals surface area contributed by atoms with Gasteiger partial charge < -0.3 is 5.11 Å². The Bertz CT molecular complexity index is 528. The molecule has 0 bridgehead atoms. The molecular weight excluding hydrogens is 275 g/mol. The first-order valence-electron chi connectivity index (χ1n) is 5.19. The maximum atomic E-state index is 10.4. The third-order valence-corrected chi connectivity index (χ3v) is 4.31. The summed E-state index contributed by atoms with van der Waals surface area (Å²) in [4.78, 5) is 0. The van der Waals surface area contributed by atoms with Gasteiger partial charge in [0.15, 0.2) is 0 Å². The van der Waals surface area contributed by atoms with Gasteiger partial charge in [-0.3, -0.25) is 0 Å². The third-order valence-electron chi connectivity index (χ3n) is 2.79. The molecule has 4 heteroatoms. The van der Waals surface area contributed by atoms with Crippen molar-refractivity contribution in [2.24, 2.45) is 0 Å². The number of thiophene rings is 1. The molecule has 0 radical (unpaired) electrons. The summed E-state index contributed by atoms with van der Waals surface area (Å²) in [6, 6.07) is 7.66. The first kappa shape index (κ1) is 12.9. The van der Waals surface area contributed by atoms with Crippen molar-refractivity contribution in [3.8, 4) is 0 Å². The minimum absolute atomic E-state index is 0.546. The van der Waals surface area contributed by atoms with Crippen LogP contribution in [0.15, 0.2) is 24.3 Å². The van der Waals surface area contributed by atoms with Gasteiger partial charge in [0, 0.05) is 5.56 Å². The van der Waals surface area contributed by atoms with Gasteiger partial charge in [-0.15, -0.1) is 11.3 Å². The molecule has 1 atom stereocenters. The van der Waals surface area contributed by atoms with E-state index in [-0.39, 0.29) is 0 Å². The second kappa shape index (κ2) is 4.99. The molecule has 0 saturated carbocycles. The van der Waals surface area contributed by atoms with E-state index in [1.165, 1.54) is 11.3 Å². The summed E-state index contributed by atoms with van der Waals surface area (Å²) in [5, 5.41) is 10.4. The van der Waals surface area contributed by atoms with Crippen LogP contribution in [0.2, 0.25) is 8.67 Å². The highest BCUT2D eigenvalue weighted by atomic mass is 35.5. The molecule has 1 aromatic carbocycles. The van der Waals surface area contributed by atoms with E-state index in [1.807, 2.05) is 32.0 Å². The van der Waals surface area contributed by atoms with Crippen LogP contribution in [0.3, 0.4) is 0 Å². The zero-order valence-electron chi connectivity index (χ0n) is 9.50. The number of halogens is 2. The number of aryl methyl sites for hydroxylation is 2. The van der Waals surface area contributed by atoms with E-state index in [4.69, 9.17) is 23.2 Å². The van der Waals surface area contributed by atoms with Gasteiger partial charge >= 0.3 is 0 Å². The number of aliphatic hydroxyl groups excluding tert-OH is 1. The van der Waals surface area contributed by atoms with Gasteiger partial charge in [0.1, 0.15) is 10.4 Å². The fourth-order valence-electron chi connectivity index (χ4n) is 1.95. The van der Waals surface area contributed by atoms with Gasteiger partial charge in [0.2, 0.25) is 0 Å². The SMILES string of the molecule is Cc1cccc(C)c1C(O)c1cc(Cl)sc1Cl. The van der Waals surface area contributed by atoms with Crippen LogP contribution in [0.25, 0.3) is 0 Å². The molecule has 0 spiro atoms. The van der Waals surface area contributed by atoms with E-state index in [1.54, 1.807) is 6.07 Å². The van der Waals surface area contributed by atoms with E-state index in [2.05, 4.69) is 0 Å². The van der Waals surface area contributed by atoms with Gasteiger partial charge in [0.25, 0.3) is 0 Å². The lowest BCUT2D eigenvalue weighted by Gasteiger charge is -2.16. The Balaban J connectivity index is 2.51. The predicted molar refractivity (Wildman–Crippen MR) is 74.3 cm³/mol. The summed E-state index contributed by atoms with van der Waals surface area (Å²) >= 11 is 13.2. The Morgan fingerprint density at radius 3 is 2.24 bits per heavy atom. The van der Waals surface area contributed by atoms with E-state index in [9.17, 15) is 5.11 Å². The molecule has 0 aliphatic carbocycles. The molecule has 1 N–H and O–H groups in total. The zero-order valence-corrected chi connectivity index (χ0v) is 11.8. The molecule has 0 aliphatic rings. The van der Waals surface area contributed by atoms with Crippen molar-refractivity contribution in [1.29, 1.82) is 0 Å². The number of benzene rings is 1. The lowest BCUT2D eigenvalue weighted by molar-refractivity contribution is 0.219. The summed E-state index contributed by atoms with van der Waals surface area (Å²) in [7, 11) is 0. The molecule has 2 aromatic rings. The van der Waals surface area contributed by atoms with Crippen LogP contribution in [-0.4, -0.2) is 5.11 Å². The average molecular weight is 287 g/mol. The van der Waals surface area contributed by atoms with Crippen molar-refractivity contribution in [3.05, 3.63) is 55.2 Å². The highest BCUT2D eigenvalue weighted by molar-refractivity contribution is 7.20. The second-order valence-electron chi connectivity index (χ2n) is 3.99. The normalized spacial score (nSPS) is 12.8. The summed E-state index contributed by atoms with van der Waals surface area (Å²) in [6.45, 7) is 3.96. The lowest BCUT2D eigenvalue weighted by atomic mass is 9.95. The topological polar surface area (TPSA) is 20.2 Å². The van der Waals surface area contributed by atoms with E-state index in [0.717, 1.165) is 16.7 Å². The van der Waals surface area contributed by atoms with Crippen molar-refractivity contribution < 1.29 is 5.11 Å². The monoisotopic (exact) mass is 286 g/mol. The summed E-state index contributed by atoms with van der Waals surface area (Å²) in [5.41, 5.74) is 3.69. The van der Waals surface area contributed by atoms with Crippen molar-refractivity contribution >= 4 is 34.5 Å². The standard InChI is InChI=1S/C13H12Cl2OS/c1-7-4-3-5-8(2)11(7)12(16)9-6-10(14)17-13(9)15/h3-6,12,16H,1-2H3. The van der Waals surface area contributed by atoms with Crippen LogP contribution >= 0.6 is 34.5 Å². The highest BCUT2D eigenvalue weighted by Crippen LogP contribution is 2.38. The van der Waals surface area contributed by atoms with E-state index in [0.29, 0.717) is 14.2 Å². The molecular formula is C13H12Cl2OS. The van der Waals surface area contributed by atoms with Crippen molar-refractivity contribution in [3.63, 3.8) is 0 Å². The number of hydrogen-bond donors (Lipinski definition) is 1. The maximum Gasteiger partial charge on any atom is 0.107 e. The smallest absolute Gasteiger partial charge is 0.107 e. The second-order valence-corrected chi connectivity index (χ2v) is 6.27. The van der Waals surface area contributed by atoms with E-state index >= 15 is 0 Å². The van der Waals surface area contributed by atoms with Crippen molar-refractivity contribution in [1.82, 2.24) is 0 Å². The number of rotatable bonds is 2. The minimum atomic E-state index is -0.715. The Morgan fingerprint density at radius 1 is 1.18 bits per heavy atom. The molecule has 0 fully saturated rings. The fourth-order valence-corrected chi connectivity index (χ4v) is 3.47. The van der Waals surface area contributed by atoms with Crippen LogP contribution in [0.5, 0.6) is 0 Å². The summed E-state index contributed by atoms with van der Waals surface area (Å²) in [6.07, 6.45) is -0.715. The first-order chi connectivity index (χ1) is 8.00. The molecule has 0 aliphatic heterocycles. The summed E-state index contributed by atoms with van der Waals surface area (Å²) in [5.74, 6) is 0. The molecule has 1 unspecified atom stereocenters. The molecule has 90 valence electrons. The van der Waals surface area contributed by atoms with E-state index < -0.39 is 6.10 Å². The Morgan fingerprint density at radius 2 is 1.76 bits per heavy atom. The quantitative estimate of drug-likeness (QED) is 0.844. The molecule has 1 nitrogen and oxygen atoms in total. The van der Waals surface area contributed by atoms with Gasteiger partial charge in [-0.05, 0) is 36.6 Å². The Labute approximate surface area is 115 Å². The van der Waals surface area contributed by atoms with Crippen molar-refractivity contribution in [2.75, 3.05) is 0 Å². The fraction of sp³-hybridized carbons (Fsp3) is 0.231. The van der Waals surface area contributed by atoms with Crippen LogP contribution in [0.4, 0.5) is 0 Å². The Kier molecular flexibility index (Phi) is 3.79. The molecule has 2 rings (SSSR count). The van der Waals surface area contributed by atoms with Gasteiger partial charge in [-0.1, -0.05) is 41.4 Å². The number of hydrogen-bond acceptors (Lipinski definition) is 2. The molecule has 0 amide bonds. The first-order valence-corrected chi connectivity index (χ1v) is 6.77. The number of aliphatic hydroxyl groups is 1. The van der Waals surface area contributed by atoms with Crippen LogP contribution in [0.1, 0.15) is 28.4 Å². The minimum Gasteiger partial charge on any atom is -0.384 e. The maximum absolute atomic E-state index is 10.4. The molecule has 17 heavy (non-hydrogen) atoms. The largest absolute Gasteiger partial charge is 0.384 e. The van der Waals surface area contributed by atoms with Gasteiger partial charge in [-0.2, -0.15) is 0 Å². The molecule has 1 heterocycles. The van der Waals surface area contributed by atoms with Crippen molar-refractivity contribution in [2.45, 2.75) is 20.0 Å². The zero-order chi connectivity index (χ0) is 12.6. The highest BCUT2D eigenvalue weighted by Gasteiger charge is 2.19. The van der Waals surface area contributed by atoms with Gasteiger partial charge in [0.05, 0.1) is 4.34 Å². The Hall–Kier alpha value is -0.540. The summed E-state index contributed by atoms with van der Waals surface area (Å²) < 4.78 is 1.14. The van der Waals surface area contributed by atoms with Crippen LogP contribution in [0, 0.1) is 13.8 Å². The van der Waals surface area contributed by atoms with Crippen LogP contribution < -0.4 is 0 Å².